The summed E-state index contributed by atoms with van der Waals surface area (Å²) in [5.41, 5.74) is 2.59. The van der Waals surface area contributed by atoms with Crippen LogP contribution in [-0.4, -0.2) is 68.5 Å². The fourth-order valence-corrected chi connectivity index (χ4v) is 4.50. The van der Waals surface area contributed by atoms with Gasteiger partial charge in [-0.25, -0.2) is 4.98 Å². The minimum Gasteiger partial charge on any atom is -0.338 e. The number of nitrogens with one attached hydrogen (secondary N) is 2. The summed E-state index contributed by atoms with van der Waals surface area (Å²) in [6.45, 7) is 5.30. The van der Waals surface area contributed by atoms with Crippen molar-refractivity contribution in [1.29, 1.82) is 0 Å². The van der Waals surface area contributed by atoms with Gasteiger partial charge < -0.3 is 19.7 Å². The third-order valence-corrected chi connectivity index (χ3v) is 6.98. The van der Waals surface area contributed by atoms with E-state index in [1.807, 2.05) is 31.2 Å². The van der Waals surface area contributed by atoms with Gasteiger partial charge in [-0.3, -0.25) is 10.1 Å². The van der Waals surface area contributed by atoms with E-state index in [2.05, 4.69) is 42.4 Å². The van der Waals surface area contributed by atoms with Crippen molar-refractivity contribution < 1.29 is 4.79 Å². The molecule has 3 heterocycles. The number of benzene rings is 2. The molecule has 1 saturated heterocycles. The third-order valence-electron chi connectivity index (χ3n) is 6.42. The highest BCUT2D eigenvalue weighted by Crippen LogP contribution is 2.27. The van der Waals surface area contributed by atoms with Gasteiger partial charge in [-0.1, -0.05) is 35.3 Å². The Bertz CT molecular complexity index is 1440. The Morgan fingerprint density at radius 1 is 0.947 bits per heavy atom. The molecule has 4 aromatic rings. The molecule has 1 fully saturated rings. The normalized spacial score (nSPS) is 14.0. The number of hydrogen-bond donors (Lipinski definition) is 2. The molecule has 0 unspecified atom stereocenters. The summed E-state index contributed by atoms with van der Waals surface area (Å²) in [5, 5.41) is 7.14. The van der Waals surface area contributed by atoms with Crippen LogP contribution in [0.25, 0.3) is 11.4 Å². The highest BCUT2D eigenvalue weighted by Gasteiger charge is 2.21. The highest BCUT2D eigenvalue weighted by molar-refractivity contribution is 6.34. The van der Waals surface area contributed by atoms with Gasteiger partial charge in [-0.2, -0.15) is 15.0 Å². The summed E-state index contributed by atoms with van der Waals surface area (Å²) in [5.74, 6) is 1.47. The number of rotatable bonds is 6. The van der Waals surface area contributed by atoms with Crippen LogP contribution in [0, 0.1) is 6.92 Å². The van der Waals surface area contributed by atoms with Crippen LogP contribution in [0.4, 0.5) is 23.5 Å². The van der Waals surface area contributed by atoms with E-state index in [-0.39, 0.29) is 5.91 Å². The van der Waals surface area contributed by atoms with Crippen molar-refractivity contribution in [1.82, 2.24) is 29.4 Å². The molecule has 0 radical (unpaired) electrons. The second kappa shape index (κ2) is 10.9. The Hall–Kier alpha value is -3.73. The first-order valence-corrected chi connectivity index (χ1v) is 12.8. The monoisotopic (exact) mass is 551 g/mol. The predicted molar refractivity (Wildman–Crippen MR) is 151 cm³/mol. The van der Waals surface area contributed by atoms with Crippen LogP contribution in [0.3, 0.4) is 0 Å². The summed E-state index contributed by atoms with van der Waals surface area (Å²) in [6.07, 6.45) is 1.49. The number of carbonyl (C=O) groups is 1. The molecular weight excluding hydrogens is 525 g/mol. The summed E-state index contributed by atoms with van der Waals surface area (Å²) in [7, 11) is 3.84. The van der Waals surface area contributed by atoms with Gasteiger partial charge in [0.1, 0.15) is 5.69 Å². The SMILES string of the molecule is Cc1cccc(Cl)c1NC(=O)c1cnc(Nc2nc(-c3ccc(Cl)cc3)nc(N3CCN(C)CC3)n2)n1C. The largest absolute Gasteiger partial charge is 0.338 e. The van der Waals surface area contributed by atoms with E-state index in [4.69, 9.17) is 28.2 Å². The molecule has 2 aromatic carbocycles. The average Bonchev–Trinajstić information content (AvgIpc) is 3.26. The van der Waals surface area contributed by atoms with Crippen molar-refractivity contribution in [3.63, 3.8) is 0 Å². The average molecular weight is 552 g/mol. The van der Waals surface area contributed by atoms with Crippen molar-refractivity contribution in [3.8, 4) is 11.4 Å². The number of anilines is 4. The van der Waals surface area contributed by atoms with Crippen molar-refractivity contribution in [2.24, 2.45) is 7.05 Å². The van der Waals surface area contributed by atoms with E-state index >= 15 is 0 Å². The second-order valence-corrected chi connectivity index (χ2v) is 9.96. The smallest absolute Gasteiger partial charge is 0.274 e. The number of aryl methyl sites for hydroxylation is 1. The highest BCUT2D eigenvalue weighted by atomic mass is 35.5. The van der Waals surface area contributed by atoms with E-state index < -0.39 is 0 Å². The fourth-order valence-electron chi connectivity index (χ4n) is 4.10. The van der Waals surface area contributed by atoms with Crippen LogP contribution in [0.5, 0.6) is 0 Å². The lowest BCUT2D eigenvalue weighted by atomic mass is 10.2. The van der Waals surface area contributed by atoms with E-state index in [0.717, 1.165) is 37.3 Å². The summed E-state index contributed by atoms with van der Waals surface area (Å²) < 4.78 is 1.64. The van der Waals surface area contributed by atoms with Crippen LogP contribution in [0.1, 0.15) is 16.1 Å². The van der Waals surface area contributed by atoms with Gasteiger partial charge in [-0.15, -0.1) is 0 Å². The molecule has 0 spiro atoms. The second-order valence-electron chi connectivity index (χ2n) is 9.12. The van der Waals surface area contributed by atoms with E-state index in [1.54, 1.807) is 29.8 Å². The lowest BCUT2D eigenvalue weighted by Gasteiger charge is -2.32. The van der Waals surface area contributed by atoms with Crippen molar-refractivity contribution >= 4 is 52.6 Å². The minimum atomic E-state index is -0.333. The number of nitrogens with zero attached hydrogens (tertiary/aromatic N) is 7. The summed E-state index contributed by atoms with van der Waals surface area (Å²) in [6, 6.07) is 12.8. The molecule has 2 N–H and O–H groups in total. The van der Waals surface area contributed by atoms with Gasteiger partial charge in [0.2, 0.25) is 17.8 Å². The van der Waals surface area contributed by atoms with Crippen LogP contribution in [-0.2, 0) is 7.05 Å². The Morgan fingerprint density at radius 2 is 1.68 bits per heavy atom. The topological polar surface area (TPSA) is 104 Å². The molecule has 196 valence electrons. The minimum absolute atomic E-state index is 0.321. The molecule has 1 aliphatic heterocycles. The zero-order valence-corrected chi connectivity index (χ0v) is 22.8. The number of halogens is 2. The number of hydrogen-bond acceptors (Lipinski definition) is 8. The van der Waals surface area contributed by atoms with Crippen LogP contribution < -0.4 is 15.5 Å². The molecule has 38 heavy (non-hydrogen) atoms. The Balaban J connectivity index is 1.44. The van der Waals surface area contributed by atoms with Gasteiger partial charge in [-0.05, 0) is 49.9 Å². The number of piperazine rings is 1. The maximum Gasteiger partial charge on any atom is 0.274 e. The Kier molecular flexibility index (Phi) is 7.46. The number of amides is 1. The first-order chi connectivity index (χ1) is 18.3. The first kappa shape index (κ1) is 25.9. The van der Waals surface area contributed by atoms with Crippen molar-refractivity contribution in [3.05, 3.63) is 70.0 Å². The standard InChI is InChI=1S/C26H27Cl2N9O/c1-16-5-4-6-19(28)21(16)30-23(38)20-15-29-25(36(20)3)33-24-31-22(17-7-9-18(27)10-8-17)32-26(34-24)37-13-11-35(2)12-14-37/h4-10,15H,11-14H2,1-3H3,(H,30,38)(H,29,31,32,33,34). The lowest BCUT2D eigenvalue weighted by Crippen LogP contribution is -2.45. The molecule has 2 aromatic heterocycles. The zero-order chi connectivity index (χ0) is 26.8. The van der Waals surface area contributed by atoms with Crippen molar-refractivity contribution in [2.45, 2.75) is 6.92 Å². The number of carbonyl (C=O) groups excluding carboxylic acids is 1. The van der Waals surface area contributed by atoms with E-state index in [9.17, 15) is 4.79 Å². The van der Waals surface area contributed by atoms with Gasteiger partial charge in [0.25, 0.3) is 5.91 Å². The van der Waals surface area contributed by atoms with Gasteiger partial charge in [0.05, 0.1) is 16.9 Å². The molecule has 0 atom stereocenters. The number of para-hydroxylation sites is 1. The maximum atomic E-state index is 13.0. The van der Waals surface area contributed by atoms with Crippen LogP contribution in [0.15, 0.2) is 48.7 Å². The van der Waals surface area contributed by atoms with Crippen LogP contribution in [0.2, 0.25) is 10.0 Å². The fraction of sp³-hybridized carbons (Fsp3) is 0.269. The van der Waals surface area contributed by atoms with E-state index in [0.29, 0.717) is 45.1 Å². The molecule has 1 aliphatic rings. The molecule has 0 saturated carbocycles. The number of aromatic nitrogens is 5. The molecule has 0 aliphatic carbocycles. The molecule has 0 bridgehead atoms. The van der Waals surface area contributed by atoms with Gasteiger partial charge in [0, 0.05) is 43.8 Å². The van der Waals surface area contributed by atoms with Crippen molar-refractivity contribution in [2.75, 3.05) is 48.8 Å². The van der Waals surface area contributed by atoms with Gasteiger partial charge in [0.15, 0.2) is 5.82 Å². The number of imidazole rings is 1. The molecular formula is C26H27Cl2N9O. The molecule has 12 heteroatoms. The maximum absolute atomic E-state index is 13.0. The Labute approximate surface area is 230 Å². The quantitative estimate of drug-likeness (QED) is 0.357. The predicted octanol–water partition coefficient (Wildman–Crippen LogP) is 4.64. The molecule has 1 amide bonds. The van der Waals surface area contributed by atoms with Crippen LogP contribution >= 0.6 is 23.2 Å². The molecule has 5 rings (SSSR count). The first-order valence-electron chi connectivity index (χ1n) is 12.1. The number of likely N-dealkylation sites (N-methyl/N-ethyl adjacent to an activating group) is 1. The summed E-state index contributed by atoms with van der Waals surface area (Å²) >= 11 is 12.4. The molecule has 10 nitrogen and oxygen atoms in total. The van der Waals surface area contributed by atoms with E-state index in [1.165, 1.54) is 6.20 Å². The zero-order valence-electron chi connectivity index (χ0n) is 21.2. The summed E-state index contributed by atoms with van der Waals surface area (Å²) in [4.78, 5) is 35.9. The lowest BCUT2D eigenvalue weighted by molar-refractivity contribution is 0.101. The Morgan fingerprint density at radius 3 is 2.39 bits per heavy atom. The van der Waals surface area contributed by atoms with Gasteiger partial charge >= 0.3 is 0 Å². The third kappa shape index (κ3) is 5.57.